The average molecular weight is 299 g/mol. The molecule has 0 aliphatic carbocycles. The van der Waals surface area contributed by atoms with Crippen LogP contribution in [0.5, 0.6) is 0 Å². The largest absolute Gasteiger partial charge is 0.379 e. The van der Waals surface area contributed by atoms with Gasteiger partial charge < -0.3 is 14.5 Å². The van der Waals surface area contributed by atoms with Crippen LogP contribution in [0.3, 0.4) is 0 Å². The van der Waals surface area contributed by atoms with Crippen molar-refractivity contribution in [3.63, 3.8) is 0 Å². The molecule has 1 heterocycles. The van der Waals surface area contributed by atoms with Crippen molar-refractivity contribution in [3.8, 4) is 0 Å². The summed E-state index contributed by atoms with van der Waals surface area (Å²) in [5, 5.41) is 0. The lowest BCUT2D eigenvalue weighted by Gasteiger charge is -2.36. The molecule has 0 atom stereocenters. The first kappa shape index (κ1) is 18.9. The Labute approximate surface area is 133 Å². The Kier molecular flexibility index (Phi) is 7.66. The summed E-state index contributed by atoms with van der Waals surface area (Å²) >= 11 is 0. The van der Waals surface area contributed by atoms with Crippen LogP contribution in [-0.4, -0.2) is 61.8 Å². The molecular weight excluding hydrogens is 260 g/mol. The first-order valence-corrected chi connectivity index (χ1v) is 8.78. The van der Waals surface area contributed by atoms with Crippen LogP contribution in [0.25, 0.3) is 0 Å². The molecule has 0 N–H and O–H groups in total. The van der Waals surface area contributed by atoms with Gasteiger partial charge in [-0.15, -0.1) is 0 Å². The smallest absolute Gasteiger partial charge is 0.0623 e. The number of piperazine rings is 1. The lowest BCUT2D eigenvalue weighted by molar-refractivity contribution is 0.0105. The number of ether oxygens (including phenoxy) is 1. The van der Waals surface area contributed by atoms with Crippen LogP contribution in [-0.2, 0) is 4.74 Å². The van der Waals surface area contributed by atoms with Gasteiger partial charge in [0.15, 0.2) is 0 Å². The van der Waals surface area contributed by atoms with Gasteiger partial charge >= 0.3 is 0 Å². The van der Waals surface area contributed by atoms with Gasteiger partial charge in [-0.2, -0.15) is 0 Å². The molecule has 0 unspecified atom stereocenters. The third-order valence-electron chi connectivity index (χ3n) is 5.33. The van der Waals surface area contributed by atoms with Crippen LogP contribution >= 0.6 is 0 Å². The van der Waals surface area contributed by atoms with Crippen LogP contribution in [0, 0.1) is 5.41 Å². The van der Waals surface area contributed by atoms with E-state index in [0.717, 1.165) is 6.42 Å². The number of hydrogen-bond acceptors (Lipinski definition) is 3. The Morgan fingerprint density at radius 2 is 1.38 bits per heavy atom. The van der Waals surface area contributed by atoms with Crippen molar-refractivity contribution in [2.24, 2.45) is 5.41 Å². The minimum absolute atomic E-state index is 0.0353. The van der Waals surface area contributed by atoms with E-state index in [4.69, 9.17) is 4.74 Å². The van der Waals surface area contributed by atoms with Gasteiger partial charge in [0.25, 0.3) is 0 Å². The van der Waals surface area contributed by atoms with Crippen LogP contribution in [0.4, 0.5) is 0 Å². The summed E-state index contributed by atoms with van der Waals surface area (Å²) in [6, 6.07) is 0. The van der Waals surface area contributed by atoms with Crippen molar-refractivity contribution in [3.05, 3.63) is 0 Å². The van der Waals surface area contributed by atoms with Gasteiger partial charge in [-0.3, -0.25) is 0 Å². The molecule has 0 aromatic carbocycles. The first-order valence-electron chi connectivity index (χ1n) is 8.78. The average Bonchev–Trinajstić information content (AvgIpc) is 2.46. The normalized spacial score (nSPS) is 19.1. The van der Waals surface area contributed by atoms with Crippen LogP contribution in [0.15, 0.2) is 0 Å². The molecule has 1 rings (SSSR count). The van der Waals surface area contributed by atoms with Crippen molar-refractivity contribution in [1.82, 2.24) is 9.80 Å². The molecule has 1 fully saturated rings. The predicted molar refractivity (Wildman–Crippen MR) is 91.9 cm³/mol. The van der Waals surface area contributed by atoms with Gasteiger partial charge in [0.1, 0.15) is 0 Å². The van der Waals surface area contributed by atoms with Gasteiger partial charge in [0.2, 0.25) is 0 Å². The zero-order chi connectivity index (χ0) is 15.9. The number of hydrogen-bond donors (Lipinski definition) is 0. The molecule has 0 bridgehead atoms. The molecule has 0 aromatic heterocycles. The molecule has 1 aliphatic heterocycles. The third kappa shape index (κ3) is 7.62. The van der Waals surface area contributed by atoms with Gasteiger partial charge in [0, 0.05) is 33.3 Å². The first-order chi connectivity index (χ1) is 9.78. The van der Waals surface area contributed by atoms with Crippen molar-refractivity contribution < 1.29 is 4.74 Å². The second-order valence-corrected chi connectivity index (χ2v) is 8.02. The minimum Gasteiger partial charge on any atom is -0.379 e. The van der Waals surface area contributed by atoms with E-state index in [1.54, 1.807) is 0 Å². The number of rotatable bonds is 9. The fraction of sp³-hybridized carbons (Fsp3) is 1.00. The summed E-state index contributed by atoms with van der Waals surface area (Å²) in [4.78, 5) is 5.26. The topological polar surface area (TPSA) is 15.7 Å². The van der Waals surface area contributed by atoms with E-state index < -0.39 is 0 Å². The second-order valence-electron chi connectivity index (χ2n) is 8.02. The second kappa shape index (κ2) is 8.50. The van der Waals surface area contributed by atoms with Crippen LogP contribution in [0.2, 0.25) is 0 Å². The summed E-state index contributed by atoms with van der Waals surface area (Å²) < 4.78 is 5.49. The van der Waals surface area contributed by atoms with Crippen molar-refractivity contribution in [2.75, 3.05) is 46.4 Å². The lowest BCUT2D eigenvalue weighted by atomic mass is 9.86. The Balaban J connectivity index is 2.15. The summed E-state index contributed by atoms with van der Waals surface area (Å²) in [6.07, 6.45) is 4.99. The summed E-state index contributed by atoms with van der Waals surface area (Å²) in [5.41, 5.74) is 0.538. The van der Waals surface area contributed by atoms with E-state index in [0.29, 0.717) is 5.41 Å². The van der Waals surface area contributed by atoms with Gasteiger partial charge in [0.05, 0.1) is 5.60 Å². The van der Waals surface area contributed by atoms with Crippen LogP contribution in [0.1, 0.15) is 60.3 Å². The Bertz CT molecular complexity index is 281. The SMILES string of the molecule is CCC(C)(C)CCN1CCN(CCCC(C)(C)OC)CC1. The minimum atomic E-state index is 0.0353. The van der Waals surface area contributed by atoms with E-state index >= 15 is 0 Å². The molecule has 0 amide bonds. The van der Waals surface area contributed by atoms with Crippen molar-refractivity contribution >= 4 is 0 Å². The summed E-state index contributed by atoms with van der Waals surface area (Å²) in [5.74, 6) is 0. The molecule has 0 saturated carbocycles. The Morgan fingerprint density at radius 1 is 0.857 bits per heavy atom. The molecule has 0 radical (unpaired) electrons. The summed E-state index contributed by atoms with van der Waals surface area (Å²) in [7, 11) is 1.82. The monoisotopic (exact) mass is 298 g/mol. The maximum Gasteiger partial charge on any atom is 0.0623 e. The molecule has 1 saturated heterocycles. The summed E-state index contributed by atoms with van der Waals surface area (Å²) in [6.45, 7) is 18.9. The molecule has 21 heavy (non-hydrogen) atoms. The van der Waals surface area contributed by atoms with Gasteiger partial charge in [-0.25, -0.2) is 0 Å². The molecule has 3 heteroatoms. The number of methoxy groups -OCH3 is 1. The Morgan fingerprint density at radius 3 is 1.86 bits per heavy atom. The highest BCUT2D eigenvalue weighted by Crippen LogP contribution is 2.24. The number of nitrogens with zero attached hydrogens (tertiary/aromatic N) is 2. The highest BCUT2D eigenvalue weighted by atomic mass is 16.5. The molecule has 3 nitrogen and oxygen atoms in total. The van der Waals surface area contributed by atoms with Gasteiger partial charge in [-0.05, 0) is 51.6 Å². The van der Waals surface area contributed by atoms with E-state index in [9.17, 15) is 0 Å². The molecule has 0 aromatic rings. The fourth-order valence-electron chi connectivity index (χ4n) is 2.70. The van der Waals surface area contributed by atoms with E-state index in [-0.39, 0.29) is 5.60 Å². The quantitative estimate of drug-likeness (QED) is 0.646. The van der Waals surface area contributed by atoms with E-state index in [2.05, 4.69) is 44.4 Å². The Hall–Kier alpha value is -0.120. The zero-order valence-corrected chi connectivity index (χ0v) is 15.4. The zero-order valence-electron chi connectivity index (χ0n) is 15.4. The fourth-order valence-corrected chi connectivity index (χ4v) is 2.70. The molecule has 1 aliphatic rings. The lowest BCUT2D eigenvalue weighted by Crippen LogP contribution is -2.47. The third-order valence-corrected chi connectivity index (χ3v) is 5.33. The van der Waals surface area contributed by atoms with Crippen molar-refractivity contribution in [1.29, 1.82) is 0 Å². The predicted octanol–water partition coefficient (Wildman–Crippen LogP) is 3.64. The van der Waals surface area contributed by atoms with E-state index in [1.807, 2.05) is 7.11 Å². The van der Waals surface area contributed by atoms with Crippen LogP contribution < -0.4 is 0 Å². The maximum atomic E-state index is 5.49. The van der Waals surface area contributed by atoms with Gasteiger partial charge in [-0.1, -0.05) is 27.2 Å². The highest BCUT2D eigenvalue weighted by Gasteiger charge is 2.21. The highest BCUT2D eigenvalue weighted by molar-refractivity contribution is 4.76. The maximum absolute atomic E-state index is 5.49. The standard InChI is InChI=1S/C18H38N2O/c1-7-17(2,3)10-12-20-15-13-19(14-16-20)11-8-9-18(4,5)21-6/h7-16H2,1-6H3. The van der Waals surface area contributed by atoms with E-state index in [1.165, 1.54) is 58.5 Å². The molecular formula is C18H38N2O. The molecule has 126 valence electrons. The molecule has 0 spiro atoms. The van der Waals surface area contributed by atoms with Crippen molar-refractivity contribution in [2.45, 2.75) is 65.9 Å².